The van der Waals surface area contributed by atoms with Gasteiger partial charge in [0.05, 0.1) is 12.5 Å². The van der Waals surface area contributed by atoms with E-state index in [0.29, 0.717) is 6.42 Å². The van der Waals surface area contributed by atoms with Gasteiger partial charge < -0.3 is 10.2 Å². The fourth-order valence-corrected chi connectivity index (χ4v) is 3.09. The molecule has 1 fully saturated rings. The van der Waals surface area contributed by atoms with Gasteiger partial charge in [0.1, 0.15) is 5.69 Å². The molecular weight excluding hydrogens is 348 g/mol. The molecule has 0 amide bonds. The normalized spacial score (nSPS) is 14.5. The SMILES string of the molecule is CNCCN1CCN(c2nccnc2-c2ccc(CC#N)cc2)CC1.Cl. The van der Waals surface area contributed by atoms with Crippen molar-refractivity contribution in [3.05, 3.63) is 42.2 Å². The second-order valence-corrected chi connectivity index (χ2v) is 6.19. The van der Waals surface area contributed by atoms with Crippen LogP contribution < -0.4 is 10.2 Å². The zero-order valence-corrected chi connectivity index (χ0v) is 15.9. The van der Waals surface area contributed by atoms with Crippen molar-refractivity contribution in [2.24, 2.45) is 0 Å². The zero-order valence-electron chi connectivity index (χ0n) is 15.1. The van der Waals surface area contributed by atoms with Crippen molar-refractivity contribution in [2.75, 3.05) is 51.2 Å². The smallest absolute Gasteiger partial charge is 0.155 e. The number of benzene rings is 1. The first-order valence-corrected chi connectivity index (χ1v) is 8.71. The molecule has 0 unspecified atom stereocenters. The summed E-state index contributed by atoms with van der Waals surface area (Å²) in [5.41, 5.74) is 2.98. The van der Waals surface area contributed by atoms with Gasteiger partial charge in [0.25, 0.3) is 0 Å². The van der Waals surface area contributed by atoms with Crippen molar-refractivity contribution in [1.82, 2.24) is 20.2 Å². The number of nitrogens with zero attached hydrogens (tertiary/aromatic N) is 5. The molecule has 1 aliphatic heterocycles. The van der Waals surface area contributed by atoms with Gasteiger partial charge in [-0.05, 0) is 12.6 Å². The van der Waals surface area contributed by atoms with Crippen molar-refractivity contribution in [3.8, 4) is 17.3 Å². The van der Waals surface area contributed by atoms with Crippen molar-refractivity contribution < 1.29 is 0 Å². The number of nitrogens with one attached hydrogen (secondary N) is 1. The van der Waals surface area contributed by atoms with E-state index in [0.717, 1.165) is 61.9 Å². The second kappa shape index (κ2) is 10.1. The minimum atomic E-state index is 0. The van der Waals surface area contributed by atoms with Crippen LogP contribution in [0.25, 0.3) is 11.3 Å². The fourth-order valence-electron chi connectivity index (χ4n) is 3.09. The van der Waals surface area contributed by atoms with E-state index in [1.807, 2.05) is 31.3 Å². The summed E-state index contributed by atoms with van der Waals surface area (Å²) in [4.78, 5) is 14.0. The number of halogens is 1. The lowest BCUT2D eigenvalue weighted by Crippen LogP contribution is -2.48. The molecule has 7 heteroatoms. The molecule has 138 valence electrons. The van der Waals surface area contributed by atoms with Crippen LogP contribution in [0.1, 0.15) is 5.56 Å². The van der Waals surface area contributed by atoms with Gasteiger partial charge in [0.15, 0.2) is 5.82 Å². The maximum atomic E-state index is 8.81. The third-order valence-corrected chi connectivity index (χ3v) is 4.54. The quantitative estimate of drug-likeness (QED) is 0.836. The number of hydrogen-bond acceptors (Lipinski definition) is 6. The summed E-state index contributed by atoms with van der Waals surface area (Å²) in [5.74, 6) is 0.948. The molecule has 1 N–H and O–H groups in total. The molecule has 0 bridgehead atoms. The summed E-state index contributed by atoms with van der Waals surface area (Å²) in [6.45, 7) is 6.10. The van der Waals surface area contributed by atoms with E-state index in [1.165, 1.54) is 0 Å². The van der Waals surface area contributed by atoms with Gasteiger partial charge >= 0.3 is 0 Å². The molecule has 26 heavy (non-hydrogen) atoms. The number of piperazine rings is 1. The molecule has 0 aliphatic carbocycles. The minimum Gasteiger partial charge on any atom is -0.352 e. The molecule has 2 heterocycles. The fraction of sp³-hybridized carbons (Fsp3) is 0.421. The van der Waals surface area contributed by atoms with Gasteiger partial charge in [0.2, 0.25) is 0 Å². The van der Waals surface area contributed by atoms with Crippen LogP contribution in [0, 0.1) is 11.3 Å². The summed E-state index contributed by atoms with van der Waals surface area (Å²) in [7, 11) is 1.99. The van der Waals surface area contributed by atoms with Crippen LogP contribution in [0.3, 0.4) is 0 Å². The Bertz CT molecular complexity index is 720. The van der Waals surface area contributed by atoms with Gasteiger partial charge in [-0.3, -0.25) is 9.88 Å². The molecule has 0 radical (unpaired) electrons. The standard InChI is InChI=1S/C19H24N6.ClH/c1-21-10-11-24-12-14-25(15-13-24)19-18(22-8-9-23-19)17-4-2-16(3-5-17)6-7-20;/h2-5,8-9,21H,6,10-15H2,1H3;1H. The van der Waals surface area contributed by atoms with Crippen LogP contribution >= 0.6 is 12.4 Å². The van der Waals surface area contributed by atoms with Gasteiger partial charge in [-0.2, -0.15) is 5.26 Å². The number of rotatable bonds is 6. The van der Waals surface area contributed by atoms with Gasteiger partial charge in [-0.25, -0.2) is 4.98 Å². The summed E-state index contributed by atoms with van der Waals surface area (Å²) >= 11 is 0. The van der Waals surface area contributed by atoms with Crippen LogP contribution in [0.2, 0.25) is 0 Å². The van der Waals surface area contributed by atoms with Crippen LogP contribution in [-0.2, 0) is 6.42 Å². The summed E-state index contributed by atoms with van der Waals surface area (Å²) in [6, 6.07) is 10.2. The Morgan fingerprint density at radius 1 is 1.08 bits per heavy atom. The first kappa shape index (κ1) is 20.1. The van der Waals surface area contributed by atoms with Gasteiger partial charge in [-0.15, -0.1) is 12.4 Å². The van der Waals surface area contributed by atoms with E-state index >= 15 is 0 Å². The summed E-state index contributed by atoms with van der Waals surface area (Å²) < 4.78 is 0. The third kappa shape index (κ3) is 4.92. The average molecular weight is 373 g/mol. The van der Waals surface area contributed by atoms with Crippen LogP contribution in [0.15, 0.2) is 36.7 Å². The highest BCUT2D eigenvalue weighted by Crippen LogP contribution is 2.27. The topological polar surface area (TPSA) is 68.1 Å². The summed E-state index contributed by atoms with van der Waals surface area (Å²) in [6.07, 6.45) is 3.93. The first-order valence-electron chi connectivity index (χ1n) is 8.71. The lowest BCUT2D eigenvalue weighted by molar-refractivity contribution is 0.259. The number of likely N-dealkylation sites (N-methyl/N-ethyl adjacent to an activating group) is 1. The van der Waals surface area contributed by atoms with Gasteiger partial charge in [-0.1, -0.05) is 24.3 Å². The number of hydrogen-bond donors (Lipinski definition) is 1. The van der Waals surface area contributed by atoms with Crippen LogP contribution in [0.5, 0.6) is 0 Å². The predicted octanol–water partition coefficient (Wildman–Crippen LogP) is 1.97. The average Bonchev–Trinajstić information content (AvgIpc) is 2.68. The van der Waals surface area contributed by atoms with E-state index in [2.05, 4.69) is 31.2 Å². The van der Waals surface area contributed by atoms with Crippen molar-refractivity contribution >= 4 is 18.2 Å². The monoisotopic (exact) mass is 372 g/mol. The van der Waals surface area contributed by atoms with E-state index in [1.54, 1.807) is 12.4 Å². The number of nitriles is 1. The van der Waals surface area contributed by atoms with E-state index in [-0.39, 0.29) is 12.4 Å². The lowest BCUT2D eigenvalue weighted by atomic mass is 10.1. The maximum absolute atomic E-state index is 8.81. The Morgan fingerprint density at radius 2 is 1.77 bits per heavy atom. The molecule has 0 spiro atoms. The van der Waals surface area contributed by atoms with E-state index < -0.39 is 0 Å². The lowest BCUT2D eigenvalue weighted by Gasteiger charge is -2.35. The molecular formula is C19H25ClN6. The van der Waals surface area contributed by atoms with E-state index in [4.69, 9.17) is 5.26 Å². The van der Waals surface area contributed by atoms with E-state index in [9.17, 15) is 0 Å². The Labute approximate surface area is 161 Å². The second-order valence-electron chi connectivity index (χ2n) is 6.19. The third-order valence-electron chi connectivity index (χ3n) is 4.54. The molecule has 0 saturated carbocycles. The maximum Gasteiger partial charge on any atom is 0.155 e. The molecule has 1 aliphatic rings. The van der Waals surface area contributed by atoms with Crippen LogP contribution in [0.4, 0.5) is 5.82 Å². The molecule has 2 aromatic rings. The number of anilines is 1. The molecule has 0 atom stereocenters. The molecule has 1 saturated heterocycles. The minimum absolute atomic E-state index is 0. The molecule has 3 rings (SSSR count). The molecule has 1 aromatic heterocycles. The number of aromatic nitrogens is 2. The highest BCUT2D eigenvalue weighted by Gasteiger charge is 2.21. The zero-order chi connectivity index (χ0) is 17.5. The molecule has 1 aromatic carbocycles. The first-order chi connectivity index (χ1) is 12.3. The Hall–Kier alpha value is -2.20. The largest absolute Gasteiger partial charge is 0.352 e. The van der Waals surface area contributed by atoms with Crippen LogP contribution in [-0.4, -0.2) is 61.2 Å². The molecule has 6 nitrogen and oxygen atoms in total. The van der Waals surface area contributed by atoms with Crippen molar-refractivity contribution in [1.29, 1.82) is 5.26 Å². The van der Waals surface area contributed by atoms with Crippen molar-refractivity contribution in [3.63, 3.8) is 0 Å². The highest BCUT2D eigenvalue weighted by atomic mass is 35.5. The van der Waals surface area contributed by atoms with Crippen molar-refractivity contribution in [2.45, 2.75) is 6.42 Å². The highest BCUT2D eigenvalue weighted by molar-refractivity contribution is 5.85. The predicted molar refractivity (Wildman–Crippen MR) is 107 cm³/mol. The Balaban J connectivity index is 0.00000243. The Kier molecular flexibility index (Phi) is 7.79. The van der Waals surface area contributed by atoms with Gasteiger partial charge in [0, 0.05) is 57.2 Å². The summed E-state index contributed by atoms with van der Waals surface area (Å²) in [5, 5.41) is 12.0. The Morgan fingerprint density at radius 3 is 2.42 bits per heavy atom.